The Bertz CT molecular complexity index is 634. The van der Waals surface area contributed by atoms with Gasteiger partial charge in [0.25, 0.3) is 0 Å². The third-order valence-electron chi connectivity index (χ3n) is 3.57. The minimum absolute atomic E-state index is 0. The first-order chi connectivity index (χ1) is 9.74. The van der Waals surface area contributed by atoms with Crippen LogP contribution >= 0.6 is 40.7 Å². The Kier molecular flexibility index (Phi) is 7.79. The summed E-state index contributed by atoms with van der Waals surface area (Å²) in [5, 5.41) is 13.2. The predicted octanol–water partition coefficient (Wildman–Crippen LogP) is 2.71. The molecule has 1 fully saturated rings. The summed E-state index contributed by atoms with van der Waals surface area (Å²) < 4.78 is 2.83. The number of pyridine rings is 1. The minimum Gasteiger partial charge on any atom is -0.391 e. The Labute approximate surface area is 150 Å². The molecule has 8 heteroatoms. The fraction of sp³-hybridized carbons (Fsp3) is 0.429. The number of aliphatic hydroxyl groups excluding tert-OH is 1. The monoisotopic (exact) mass is 408 g/mol. The van der Waals surface area contributed by atoms with Crippen molar-refractivity contribution in [1.82, 2.24) is 19.9 Å². The molecule has 1 aliphatic heterocycles. The van der Waals surface area contributed by atoms with Crippen molar-refractivity contribution in [2.75, 3.05) is 6.54 Å². The molecule has 2 atom stereocenters. The van der Waals surface area contributed by atoms with Gasteiger partial charge in [-0.1, -0.05) is 12.2 Å². The number of nitrogens with one attached hydrogen (secondary N) is 1. The van der Waals surface area contributed by atoms with Crippen molar-refractivity contribution in [2.45, 2.75) is 31.5 Å². The maximum atomic E-state index is 9.88. The van der Waals surface area contributed by atoms with Crippen LogP contribution in [0.15, 0.2) is 35.2 Å². The highest BCUT2D eigenvalue weighted by Crippen LogP contribution is 2.15. The molecule has 0 aromatic carbocycles. The number of aliphatic hydroxyl groups is 1. The molecule has 122 valence electrons. The summed E-state index contributed by atoms with van der Waals surface area (Å²) in [6.07, 6.45) is 7.53. The topological polar surface area (TPSA) is 63.0 Å². The highest BCUT2D eigenvalue weighted by atomic mass is 79.9. The van der Waals surface area contributed by atoms with Crippen molar-refractivity contribution in [2.24, 2.45) is 0 Å². The van der Waals surface area contributed by atoms with Gasteiger partial charge in [-0.3, -0.25) is 0 Å². The van der Waals surface area contributed by atoms with Gasteiger partial charge in [-0.25, -0.2) is 9.97 Å². The third kappa shape index (κ3) is 4.43. The van der Waals surface area contributed by atoms with Crippen molar-refractivity contribution >= 4 is 51.9 Å². The Hall–Kier alpha value is -0.660. The fourth-order valence-electron chi connectivity index (χ4n) is 2.48. The molecule has 0 aliphatic carbocycles. The van der Waals surface area contributed by atoms with Crippen molar-refractivity contribution in [3.8, 4) is 0 Å². The number of aromatic nitrogens is 3. The normalized spacial score (nSPS) is 21.5. The number of hydrogen-bond donors (Lipinski definition) is 2. The maximum absolute atomic E-state index is 9.88. The molecular weight excluding hydrogens is 391 g/mol. The first-order valence-corrected chi connectivity index (χ1v) is 7.59. The zero-order valence-electron chi connectivity index (χ0n) is 11.9. The second kappa shape index (κ2) is 8.84. The molecule has 2 aromatic heterocycles. The van der Waals surface area contributed by atoms with E-state index in [1.807, 2.05) is 22.8 Å². The lowest BCUT2D eigenvalue weighted by Gasteiger charge is -2.26. The quantitative estimate of drug-likeness (QED) is 0.604. The van der Waals surface area contributed by atoms with Gasteiger partial charge in [0, 0.05) is 6.54 Å². The number of hydrogen-bond acceptors (Lipinski definition) is 4. The summed E-state index contributed by atoms with van der Waals surface area (Å²) in [5.41, 5.74) is 1.75. The molecule has 0 unspecified atom stereocenters. The molecule has 2 aromatic rings. The summed E-state index contributed by atoms with van der Waals surface area (Å²) in [5.74, 6) is 0. The van der Waals surface area contributed by atoms with Crippen molar-refractivity contribution in [1.29, 1.82) is 0 Å². The van der Waals surface area contributed by atoms with Crippen LogP contribution in [0.5, 0.6) is 0 Å². The van der Waals surface area contributed by atoms with Crippen LogP contribution in [0.25, 0.3) is 11.2 Å². The smallest absolute Gasteiger partial charge is 0.178 e. The number of piperidine rings is 1. The number of halogens is 3. The van der Waals surface area contributed by atoms with Gasteiger partial charge in [-0.2, -0.15) is 0 Å². The van der Waals surface area contributed by atoms with Crippen LogP contribution in [0.2, 0.25) is 0 Å². The van der Waals surface area contributed by atoms with E-state index in [2.05, 4.69) is 37.3 Å². The zero-order valence-corrected chi connectivity index (χ0v) is 15.1. The number of fused-ring (bicyclic) bond motifs is 1. The van der Waals surface area contributed by atoms with Gasteiger partial charge in [0.1, 0.15) is 4.60 Å². The van der Waals surface area contributed by atoms with E-state index in [-0.39, 0.29) is 37.0 Å². The summed E-state index contributed by atoms with van der Waals surface area (Å²) in [7, 11) is 0. The van der Waals surface area contributed by atoms with Crippen LogP contribution in [0.3, 0.4) is 0 Å². The number of allylic oxidation sites excluding steroid dienone is 1. The van der Waals surface area contributed by atoms with Crippen molar-refractivity contribution < 1.29 is 5.11 Å². The van der Waals surface area contributed by atoms with E-state index in [4.69, 9.17) is 0 Å². The van der Waals surface area contributed by atoms with E-state index in [0.29, 0.717) is 0 Å². The van der Waals surface area contributed by atoms with E-state index in [1.54, 1.807) is 6.33 Å². The fourth-order valence-corrected chi connectivity index (χ4v) is 2.78. The number of rotatable bonds is 3. The molecular formula is C14H19BrCl2N4O. The van der Waals surface area contributed by atoms with Crippen LogP contribution < -0.4 is 5.32 Å². The molecule has 1 aliphatic rings. The first kappa shape index (κ1) is 19.4. The molecule has 22 heavy (non-hydrogen) atoms. The van der Waals surface area contributed by atoms with Gasteiger partial charge in [0.15, 0.2) is 5.65 Å². The lowest BCUT2D eigenvalue weighted by Crippen LogP contribution is -2.43. The van der Waals surface area contributed by atoms with E-state index in [1.165, 1.54) is 0 Å². The van der Waals surface area contributed by atoms with E-state index in [9.17, 15) is 5.11 Å². The van der Waals surface area contributed by atoms with E-state index in [0.717, 1.165) is 41.7 Å². The van der Waals surface area contributed by atoms with Crippen LogP contribution in [-0.2, 0) is 6.54 Å². The second-order valence-corrected chi connectivity index (χ2v) is 5.80. The van der Waals surface area contributed by atoms with Crippen LogP contribution in [0, 0.1) is 0 Å². The number of imidazole rings is 1. The summed E-state index contributed by atoms with van der Waals surface area (Å²) in [4.78, 5) is 8.60. The Morgan fingerprint density at radius 2 is 2.23 bits per heavy atom. The zero-order chi connectivity index (χ0) is 13.9. The average molecular weight is 410 g/mol. The first-order valence-electron chi connectivity index (χ1n) is 6.79. The molecule has 0 spiro atoms. The summed E-state index contributed by atoms with van der Waals surface area (Å²) >= 11 is 3.34. The van der Waals surface area contributed by atoms with Gasteiger partial charge in [0.2, 0.25) is 0 Å². The lowest BCUT2D eigenvalue weighted by atomic mass is 10.0. The third-order valence-corrected chi connectivity index (χ3v) is 4.01. The van der Waals surface area contributed by atoms with Gasteiger partial charge in [-0.05, 0) is 47.4 Å². The molecule has 0 amide bonds. The molecule has 2 N–H and O–H groups in total. The average Bonchev–Trinajstić information content (AvgIpc) is 2.83. The molecule has 3 heterocycles. The highest BCUT2D eigenvalue weighted by molar-refractivity contribution is 9.10. The predicted molar refractivity (Wildman–Crippen MR) is 95.9 cm³/mol. The maximum Gasteiger partial charge on any atom is 0.178 e. The molecule has 5 nitrogen and oxygen atoms in total. The molecule has 0 bridgehead atoms. The second-order valence-electron chi connectivity index (χ2n) is 4.99. The molecule has 0 saturated carbocycles. The summed E-state index contributed by atoms with van der Waals surface area (Å²) in [6, 6.07) is 3.98. The lowest BCUT2D eigenvalue weighted by molar-refractivity contribution is 0.115. The van der Waals surface area contributed by atoms with E-state index < -0.39 is 0 Å². The summed E-state index contributed by atoms with van der Waals surface area (Å²) in [6.45, 7) is 1.70. The Morgan fingerprint density at radius 1 is 1.41 bits per heavy atom. The van der Waals surface area contributed by atoms with Crippen molar-refractivity contribution in [3.63, 3.8) is 0 Å². The number of nitrogens with zero attached hydrogens (tertiary/aromatic N) is 3. The standard InChI is InChI=1S/C14H17BrN4O.2ClH/c15-13-6-5-11-14(18-13)17-9-19(11)8-2-3-10-12(20)4-1-7-16-10;;/h2-3,5-6,9-10,12,16,20H,1,4,7-8H2;2*1H/b3-2+;;/t10-,12+;;/m1../s1. The molecule has 0 radical (unpaired) electrons. The van der Waals surface area contributed by atoms with E-state index >= 15 is 0 Å². The van der Waals surface area contributed by atoms with Gasteiger partial charge >= 0.3 is 0 Å². The van der Waals surface area contributed by atoms with Gasteiger partial charge in [0.05, 0.1) is 24.0 Å². The van der Waals surface area contributed by atoms with Crippen molar-refractivity contribution in [3.05, 3.63) is 35.2 Å². The minimum atomic E-state index is -0.280. The largest absolute Gasteiger partial charge is 0.391 e. The molecule has 3 rings (SSSR count). The Balaban J connectivity index is 0.00000121. The van der Waals surface area contributed by atoms with Crippen LogP contribution in [-0.4, -0.2) is 38.3 Å². The molecule has 1 saturated heterocycles. The van der Waals surface area contributed by atoms with Gasteiger partial charge in [-0.15, -0.1) is 24.8 Å². The van der Waals surface area contributed by atoms with Crippen LogP contribution in [0.4, 0.5) is 0 Å². The van der Waals surface area contributed by atoms with Crippen LogP contribution in [0.1, 0.15) is 12.8 Å². The highest BCUT2D eigenvalue weighted by Gasteiger charge is 2.19. The SMILES string of the molecule is Cl.Cl.O[C@H]1CCCN[C@@H]1/C=C/Cn1cnc2nc(Br)ccc21. The Morgan fingerprint density at radius 3 is 3.00 bits per heavy atom. The van der Waals surface area contributed by atoms with Gasteiger partial charge < -0.3 is 15.0 Å².